The number of nitrogens with zero attached hydrogens (tertiary/aromatic N) is 3. The molecule has 2 aromatic carbocycles. The molecule has 0 aliphatic heterocycles. The fourth-order valence-corrected chi connectivity index (χ4v) is 4.21. The fourth-order valence-electron chi connectivity index (χ4n) is 3.67. The Bertz CT molecular complexity index is 1240. The highest BCUT2D eigenvalue weighted by Crippen LogP contribution is 2.27. The topological polar surface area (TPSA) is 81.0 Å². The number of nitroso groups, excluding NO2 is 1. The number of aromatic nitrogens is 1. The molecule has 0 radical (unpaired) electrons. The summed E-state index contributed by atoms with van der Waals surface area (Å²) in [6, 6.07) is 15.9. The minimum Gasteiger partial charge on any atom is -0.497 e. The van der Waals surface area contributed by atoms with Crippen LogP contribution in [0.3, 0.4) is 0 Å². The van der Waals surface area contributed by atoms with Gasteiger partial charge in [-0.25, -0.2) is 0 Å². The third-order valence-corrected chi connectivity index (χ3v) is 6.45. The van der Waals surface area contributed by atoms with Crippen molar-refractivity contribution in [3.63, 3.8) is 0 Å². The first-order valence-corrected chi connectivity index (χ1v) is 11.4. The summed E-state index contributed by atoms with van der Waals surface area (Å²) in [6.07, 6.45) is 0.502. The molecular formula is C25H25Cl2N3O4. The largest absolute Gasteiger partial charge is 0.497 e. The molecule has 1 aromatic heterocycles. The van der Waals surface area contributed by atoms with E-state index >= 15 is 0 Å². The monoisotopic (exact) mass is 501 g/mol. The zero-order valence-electron chi connectivity index (χ0n) is 19.1. The fraction of sp³-hybridized carbons (Fsp3) is 0.280. The predicted octanol–water partition coefficient (Wildman–Crippen LogP) is 5.51. The number of hydrogen-bond acceptors (Lipinski definition) is 5. The molecule has 3 aromatic rings. The van der Waals surface area contributed by atoms with Crippen LogP contribution in [0, 0.1) is 4.91 Å². The third-order valence-electron chi connectivity index (χ3n) is 5.85. The summed E-state index contributed by atoms with van der Waals surface area (Å²) in [5.74, 6) is -0.0457. The first-order chi connectivity index (χ1) is 16.2. The maximum absolute atomic E-state index is 12.9. The maximum atomic E-state index is 12.9. The number of methoxy groups -OCH3 is 1. The number of amides is 1. The summed E-state index contributed by atoms with van der Waals surface area (Å²) in [6.45, 7) is 2.83. The highest BCUT2D eigenvalue weighted by Gasteiger charge is 2.19. The van der Waals surface area contributed by atoms with Crippen molar-refractivity contribution in [1.82, 2.24) is 9.47 Å². The zero-order chi connectivity index (χ0) is 24.8. The number of aryl methyl sites for hydroxylation is 1. The zero-order valence-corrected chi connectivity index (χ0v) is 20.6. The SMILES string of the molecule is COc1cccc(C(C)N(C)Cc2c(Cl)cc(Cl)c(=O)n2CCc2ccc(C(=O)N=O)cc2)c1. The standard InChI is InChI=1S/C25H25Cl2N3O4/c1-16(19-5-4-6-20(13-19)34-3)29(2)15-23-21(26)14-22(27)25(32)30(23)12-11-17-7-9-18(10-8-17)24(31)28-33/h4-10,13-14,16H,11-12,15H2,1-3H3. The smallest absolute Gasteiger partial charge is 0.316 e. The van der Waals surface area contributed by atoms with Crippen LogP contribution in [0.4, 0.5) is 0 Å². The molecule has 0 aliphatic carbocycles. The lowest BCUT2D eigenvalue weighted by Gasteiger charge is -2.27. The van der Waals surface area contributed by atoms with Gasteiger partial charge in [0.2, 0.25) is 0 Å². The normalized spacial score (nSPS) is 11.9. The molecule has 34 heavy (non-hydrogen) atoms. The van der Waals surface area contributed by atoms with Crippen LogP contribution in [-0.2, 0) is 19.5 Å². The van der Waals surface area contributed by atoms with E-state index in [0.717, 1.165) is 16.9 Å². The van der Waals surface area contributed by atoms with Crippen LogP contribution in [0.25, 0.3) is 0 Å². The molecular weight excluding hydrogens is 477 g/mol. The molecule has 0 fully saturated rings. The van der Waals surface area contributed by atoms with Crippen LogP contribution in [-0.4, -0.2) is 29.5 Å². The number of benzene rings is 2. The number of hydrogen-bond donors (Lipinski definition) is 0. The van der Waals surface area contributed by atoms with Gasteiger partial charge in [-0.2, -0.15) is 0 Å². The number of pyridine rings is 1. The van der Waals surface area contributed by atoms with E-state index in [1.54, 1.807) is 23.8 Å². The summed E-state index contributed by atoms with van der Waals surface area (Å²) in [5, 5.41) is 2.88. The molecule has 1 unspecified atom stereocenters. The van der Waals surface area contributed by atoms with Gasteiger partial charge < -0.3 is 9.30 Å². The molecule has 0 saturated heterocycles. The van der Waals surface area contributed by atoms with Gasteiger partial charge in [-0.1, -0.05) is 47.5 Å². The van der Waals surface area contributed by atoms with E-state index in [0.29, 0.717) is 30.2 Å². The Labute approximate surface area is 207 Å². The lowest BCUT2D eigenvalue weighted by molar-refractivity contribution is 0.100. The van der Waals surface area contributed by atoms with Gasteiger partial charge in [0.05, 0.1) is 17.8 Å². The second-order valence-corrected chi connectivity index (χ2v) is 8.77. The van der Waals surface area contributed by atoms with Crippen LogP contribution in [0.1, 0.15) is 40.1 Å². The van der Waals surface area contributed by atoms with Gasteiger partial charge in [0, 0.05) is 29.9 Å². The van der Waals surface area contributed by atoms with Gasteiger partial charge in [0.25, 0.3) is 5.56 Å². The minimum absolute atomic E-state index is 0.0295. The summed E-state index contributed by atoms with van der Waals surface area (Å²) >= 11 is 12.7. The Morgan fingerprint density at radius 3 is 2.47 bits per heavy atom. The second-order valence-electron chi connectivity index (χ2n) is 7.95. The van der Waals surface area contributed by atoms with Gasteiger partial charge in [-0.15, -0.1) is 4.91 Å². The molecule has 0 N–H and O–H groups in total. The summed E-state index contributed by atoms with van der Waals surface area (Å²) < 4.78 is 6.92. The van der Waals surface area contributed by atoms with Gasteiger partial charge in [-0.05, 0) is 61.9 Å². The highest BCUT2D eigenvalue weighted by molar-refractivity contribution is 6.34. The number of halogens is 2. The Morgan fingerprint density at radius 1 is 1.12 bits per heavy atom. The number of carbonyl (C=O) groups excluding carboxylic acids is 1. The van der Waals surface area contributed by atoms with E-state index in [9.17, 15) is 14.5 Å². The summed E-state index contributed by atoms with van der Waals surface area (Å²) in [4.78, 5) is 36.8. The Hall–Kier alpha value is -3.00. The van der Waals surface area contributed by atoms with Crippen molar-refractivity contribution in [1.29, 1.82) is 0 Å². The molecule has 178 valence electrons. The quantitative estimate of drug-likeness (QED) is 0.361. The van der Waals surface area contributed by atoms with Gasteiger partial charge in [0.15, 0.2) is 0 Å². The van der Waals surface area contributed by atoms with Crippen molar-refractivity contribution in [2.45, 2.75) is 32.5 Å². The first-order valence-electron chi connectivity index (χ1n) is 10.6. The van der Waals surface area contributed by atoms with Crippen LogP contribution in [0.15, 0.2) is 64.6 Å². The van der Waals surface area contributed by atoms with E-state index in [4.69, 9.17) is 27.9 Å². The van der Waals surface area contributed by atoms with E-state index in [-0.39, 0.29) is 22.2 Å². The molecule has 0 aliphatic rings. The molecule has 3 rings (SSSR count). The first kappa shape index (κ1) is 25.6. The van der Waals surface area contributed by atoms with Crippen molar-refractivity contribution in [3.8, 4) is 5.75 Å². The van der Waals surface area contributed by atoms with Crippen molar-refractivity contribution in [2.24, 2.45) is 5.18 Å². The van der Waals surface area contributed by atoms with Crippen LogP contribution < -0.4 is 10.3 Å². The Morgan fingerprint density at radius 2 is 1.82 bits per heavy atom. The third kappa shape index (κ3) is 5.91. The molecule has 1 heterocycles. The highest BCUT2D eigenvalue weighted by atomic mass is 35.5. The molecule has 7 nitrogen and oxygen atoms in total. The van der Waals surface area contributed by atoms with E-state index in [1.807, 2.05) is 31.3 Å². The minimum atomic E-state index is -0.820. The molecule has 1 amide bonds. The molecule has 0 spiro atoms. The van der Waals surface area contributed by atoms with Crippen molar-refractivity contribution < 1.29 is 9.53 Å². The van der Waals surface area contributed by atoms with Gasteiger partial charge >= 0.3 is 5.91 Å². The number of rotatable bonds is 9. The second kappa shape index (κ2) is 11.4. The Kier molecular flexibility index (Phi) is 8.61. The number of carbonyl (C=O) groups is 1. The van der Waals surface area contributed by atoms with E-state index in [1.165, 1.54) is 18.2 Å². The van der Waals surface area contributed by atoms with E-state index < -0.39 is 5.91 Å². The molecule has 9 heteroatoms. The lowest BCUT2D eigenvalue weighted by atomic mass is 10.1. The van der Waals surface area contributed by atoms with Crippen LogP contribution in [0.5, 0.6) is 5.75 Å². The number of ether oxygens (including phenoxy) is 1. The molecule has 1 atom stereocenters. The van der Waals surface area contributed by atoms with Crippen molar-refractivity contribution >= 4 is 29.1 Å². The predicted molar refractivity (Wildman–Crippen MR) is 134 cm³/mol. The summed E-state index contributed by atoms with van der Waals surface area (Å²) in [7, 11) is 3.59. The van der Waals surface area contributed by atoms with E-state index in [2.05, 4.69) is 17.0 Å². The van der Waals surface area contributed by atoms with Gasteiger partial charge in [-0.3, -0.25) is 14.5 Å². The van der Waals surface area contributed by atoms with Crippen molar-refractivity contribution in [3.05, 3.63) is 102 Å². The average Bonchev–Trinajstić information content (AvgIpc) is 2.86. The van der Waals surface area contributed by atoms with Crippen LogP contribution in [0.2, 0.25) is 10.0 Å². The van der Waals surface area contributed by atoms with Gasteiger partial charge in [0.1, 0.15) is 10.8 Å². The summed E-state index contributed by atoms with van der Waals surface area (Å²) in [5.41, 5.74) is 2.51. The average molecular weight is 502 g/mol. The maximum Gasteiger partial charge on any atom is 0.316 e. The lowest BCUT2D eigenvalue weighted by Crippen LogP contribution is -2.30. The molecule has 0 bridgehead atoms. The molecule has 0 saturated carbocycles. The Balaban J connectivity index is 1.84. The van der Waals surface area contributed by atoms with Crippen molar-refractivity contribution in [2.75, 3.05) is 14.2 Å². The van der Waals surface area contributed by atoms with Crippen LogP contribution >= 0.6 is 23.2 Å².